The maximum absolute atomic E-state index is 11.9. The second-order valence-corrected chi connectivity index (χ2v) is 5.14. The van der Waals surface area contributed by atoms with Crippen molar-refractivity contribution in [3.8, 4) is 0 Å². The zero-order valence-electron chi connectivity index (χ0n) is 11.5. The number of amides is 2. The molecule has 102 valence electrons. The minimum Gasteiger partial charge on any atom is -0.354 e. The molecule has 2 amide bonds. The summed E-state index contributed by atoms with van der Waals surface area (Å²) >= 11 is 0. The Bertz CT molecular complexity index is 493. The summed E-state index contributed by atoms with van der Waals surface area (Å²) in [6.45, 7) is 4.88. The van der Waals surface area contributed by atoms with E-state index in [0.29, 0.717) is 18.7 Å². The highest BCUT2D eigenvalue weighted by atomic mass is 16.2. The Hall–Kier alpha value is -1.84. The first-order valence-electron chi connectivity index (χ1n) is 6.71. The van der Waals surface area contributed by atoms with Gasteiger partial charge in [-0.15, -0.1) is 0 Å². The van der Waals surface area contributed by atoms with Gasteiger partial charge >= 0.3 is 0 Å². The summed E-state index contributed by atoms with van der Waals surface area (Å²) in [5.74, 6) is 0.244. The van der Waals surface area contributed by atoms with Gasteiger partial charge < -0.3 is 10.6 Å². The highest BCUT2D eigenvalue weighted by Gasteiger charge is 2.28. The van der Waals surface area contributed by atoms with Crippen molar-refractivity contribution in [1.29, 1.82) is 0 Å². The molecule has 19 heavy (non-hydrogen) atoms. The topological polar surface area (TPSA) is 58.2 Å². The Labute approximate surface area is 113 Å². The Morgan fingerprint density at radius 3 is 2.47 bits per heavy atom. The van der Waals surface area contributed by atoms with E-state index in [1.165, 1.54) is 0 Å². The predicted molar refractivity (Wildman–Crippen MR) is 74.0 cm³/mol. The summed E-state index contributed by atoms with van der Waals surface area (Å²) in [7, 11) is 0. The molecular weight excluding hydrogens is 240 g/mol. The molecule has 2 rings (SSSR count). The van der Waals surface area contributed by atoms with Crippen LogP contribution in [0.15, 0.2) is 18.2 Å². The van der Waals surface area contributed by atoms with Crippen LogP contribution >= 0.6 is 0 Å². The highest BCUT2D eigenvalue weighted by molar-refractivity contribution is 5.95. The summed E-state index contributed by atoms with van der Waals surface area (Å²) in [4.78, 5) is 23.3. The van der Waals surface area contributed by atoms with Crippen molar-refractivity contribution < 1.29 is 9.59 Å². The summed E-state index contributed by atoms with van der Waals surface area (Å²) in [5, 5.41) is 5.64. The van der Waals surface area contributed by atoms with Gasteiger partial charge in [-0.3, -0.25) is 9.59 Å². The molecule has 0 saturated heterocycles. The summed E-state index contributed by atoms with van der Waals surface area (Å²) in [6, 6.07) is 5.75. The third kappa shape index (κ3) is 3.81. The number of carbonyl (C=O) groups is 2. The molecule has 2 N–H and O–H groups in total. The number of benzene rings is 1. The fourth-order valence-electron chi connectivity index (χ4n) is 2.02. The van der Waals surface area contributed by atoms with Crippen LogP contribution in [0.2, 0.25) is 0 Å². The predicted octanol–water partition coefficient (Wildman–Crippen LogP) is 1.56. The van der Waals surface area contributed by atoms with Crippen molar-refractivity contribution in [3.63, 3.8) is 0 Å². The van der Waals surface area contributed by atoms with Crippen LogP contribution in [0.1, 0.15) is 34.3 Å². The molecule has 1 fully saturated rings. The second-order valence-electron chi connectivity index (χ2n) is 5.14. The highest BCUT2D eigenvalue weighted by Crippen LogP contribution is 2.28. The lowest BCUT2D eigenvalue weighted by molar-refractivity contribution is -0.122. The molecule has 1 aliphatic carbocycles. The smallest absolute Gasteiger partial charge is 0.251 e. The van der Waals surface area contributed by atoms with Gasteiger partial charge in [-0.1, -0.05) is 17.7 Å². The van der Waals surface area contributed by atoms with E-state index in [0.717, 1.165) is 24.0 Å². The third-order valence-electron chi connectivity index (χ3n) is 3.28. The van der Waals surface area contributed by atoms with Crippen molar-refractivity contribution in [2.75, 3.05) is 13.1 Å². The van der Waals surface area contributed by atoms with E-state index >= 15 is 0 Å². The number of carbonyl (C=O) groups excluding carboxylic acids is 2. The van der Waals surface area contributed by atoms with Crippen LogP contribution in [-0.4, -0.2) is 24.9 Å². The van der Waals surface area contributed by atoms with Gasteiger partial charge in [0.15, 0.2) is 0 Å². The Balaban J connectivity index is 1.75. The average Bonchev–Trinajstić information content (AvgIpc) is 3.18. The molecule has 0 unspecified atom stereocenters. The average molecular weight is 260 g/mol. The first-order valence-corrected chi connectivity index (χ1v) is 6.71. The number of aryl methyl sites for hydroxylation is 2. The first kappa shape index (κ1) is 13.6. The summed E-state index contributed by atoms with van der Waals surface area (Å²) < 4.78 is 0. The molecule has 0 spiro atoms. The standard InChI is InChI=1S/C15H20N2O2/c1-10-3-6-13(11(2)9-10)15(19)17-8-7-16-14(18)12-4-5-12/h3,6,9,12H,4-5,7-8H2,1-2H3,(H,16,18)(H,17,19). The van der Waals surface area contributed by atoms with Crippen molar-refractivity contribution in [1.82, 2.24) is 10.6 Å². The monoisotopic (exact) mass is 260 g/mol. The largest absolute Gasteiger partial charge is 0.354 e. The van der Waals surface area contributed by atoms with Crippen LogP contribution in [0.25, 0.3) is 0 Å². The van der Waals surface area contributed by atoms with Gasteiger partial charge in [0, 0.05) is 24.6 Å². The summed E-state index contributed by atoms with van der Waals surface area (Å²) in [5.41, 5.74) is 2.81. The van der Waals surface area contributed by atoms with E-state index in [9.17, 15) is 9.59 Å². The van der Waals surface area contributed by atoms with Gasteiger partial charge in [0.1, 0.15) is 0 Å². The van der Waals surface area contributed by atoms with Crippen LogP contribution < -0.4 is 10.6 Å². The Morgan fingerprint density at radius 2 is 1.84 bits per heavy atom. The van der Waals surface area contributed by atoms with E-state index in [2.05, 4.69) is 10.6 Å². The van der Waals surface area contributed by atoms with E-state index < -0.39 is 0 Å². The molecule has 1 aromatic rings. The molecular formula is C15H20N2O2. The van der Waals surface area contributed by atoms with Gasteiger partial charge in [0.25, 0.3) is 5.91 Å². The van der Waals surface area contributed by atoms with Crippen LogP contribution in [0.4, 0.5) is 0 Å². The van der Waals surface area contributed by atoms with E-state index in [4.69, 9.17) is 0 Å². The van der Waals surface area contributed by atoms with E-state index in [-0.39, 0.29) is 17.7 Å². The number of nitrogens with one attached hydrogen (secondary N) is 2. The number of hydrogen-bond donors (Lipinski definition) is 2. The number of rotatable bonds is 5. The Kier molecular flexibility index (Phi) is 4.20. The fourth-order valence-corrected chi connectivity index (χ4v) is 2.02. The molecule has 0 atom stereocenters. The first-order chi connectivity index (χ1) is 9.08. The number of hydrogen-bond acceptors (Lipinski definition) is 2. The van der Waals surface area contributed by atoms with Gasteiger partial charge in [0.05, 0.1) is 0 Å². The van der Waals surface area contributed by atoms with Crippen LogP contribution in [-0.2, 0) is 4.79 Å². The molecule has 1 aliphatic rings. The van der Waals surface area contributed by atoms with Gasteiger partial charge in [0.2, 0.25) is 5.91 Å². The molecule has 0 aliphatic heterocycles. The molecule has 1 saturated carbocycles. The molecule has 0 radical (unpaired) electrons. The molecule has 0 heterocycles. The molecule has 4 nitrogen and oxygen atoms in total. The van der Waals surface area contributed by atoms with Gasteiger partial charge in [-0.25, -0.2) is 0 Å². The lowest BCUT2D eigenvalue weighted by Gasteiger charge is -2.09. The quantitative estimate of drug-likeness (QED) is 0.789. The van der Waals surface area contributed by atoms with Crippen molar-refractivity contribution in [2.24, 2.45) is 5.92 Å². The van der Waals surface area contributed by atoms with Crippen LogP contribution in [0.3, 0.4) is 0 Å². The van der Waals surface area contributed by atoms with Gasteiger partial charge in [-0.05, 0) is 38.3 Å². The minimum absolute atomic E-state index is 0.0850. The zero-order chi connectivity index (χ0) is 13.8. The zero-order valence-corrected chi connectivity index (χ0v) is 11.5. The molecule has 0 aromatic heterocycles. The molecule has 0 bridgehead atoms. The molecule has 4 heteroatoms. The Morgan fingerprint density at radius 1 is 1.16 bits per heavy atom. The van der Waals surface area contributed by atoms with Crippen LogP contribution in [0.5, 0.6) is 0 Å². The second kappa shape index (κ2) is 5.87. The lowest BCUT2D eigenvalue weighted by Crippen LogP contribution is -2.35. The van der Waals surface area contributed by atoms with Crippen LogP contribution in [0, 0.1) is 19.8 Å². The van der Waals surface area contributed by atoms with Crippen molar-refractivity contribution >= 4 is 11.8 Å². The van der Waals surface area contributed by atoms with Crippen molar-refractivity contribution in [2.45, 2.75) is 26.7 Å². The fraction of sp³-hybridized carbons (Fsp3) is 0.467. The SMILES string of the molecule is Cc1ccc(C(=O)NCCNC(=O)C2CC2)c(C)c1. The van der Waals surface area contributed by atoms with E-state index in [1.807, 2.05) is 32.0 Å². The molecule has 1 aromatic carbocycles. The third-order valence-corrected chi connectivity index (χ3v) is 3.28. The normalized spacial score (nSPS) is 14.0. The maximum Gasteiger partial charge on any atom is 0.251 e. The minimum atomic E-state index is -0.0850. The maximum atomic E-state index is 11.9. The lowest BCUT2D eigenvalue weighted by atomic mass is 10.1. The van der Waals surface area contributed by atoms with Crippen molar-refractivity contribution in [3.05, 3.63) is 34.9 Å². The van der Waals surface area contributed by atoms with E-state index in [1.54, 1.807) is 0 Å². The summed E-state index contributed by atoms with van der Waals surface area (Å²) in [6.07, 6.45) is 2.00. The van der Waals surface area contributed by atoms with Gasteiger partial charge in [-0.2, -0.15) is 0 Å².